The molecule has 0 aromatic heterocycles. The minimum absolute atomic E-state index is 0.0572. The summed E-state index contributed by atoms with van der Waals surface area (Å²) < 4.78 is 5.53. The summed E-state index contributed by atoms with van der Waals surface area (Å²) in [5.74, 6) is 0. The number of rotatable bonds is 5. The SMILES string of the molecule is Cc1cc([N+](=O)[O-])ccc1N1CCC(OCCO)CC1. The second-order valence-electron chi connectivity index (χ2n) is 5.01. The Labute approximate surface area is 118 Å². The van der Waals surface area contributed by atoms with Crippen LogP contribution in [-0.4, -0.2) is 42.4 Å². The zero-order valence-corrected chi connectivity index (χ0v) is 11.6. The zero-order valence-electron chi connectivity index (χ0n) is 11.6. The highest BCUT2D eigenvalue weighted by Crippen LogP contribution is 2.27. The highest BCUT2D eigenvalue weighted by Gasteiger charge is 2.21. The number of anilines is 1. The summed E-state index contributed by atoms with van der Waals surface area (Å²) in [6.45, 7) is 4.09. The quantitative estimate of drug-likeness (QED) is 0.658. The van der Waals surface area contributed by atoms with Gasteiger partial charge in [0.2, 0.25) is 0 Å². The fourth-order valence-electron chi connectivity index (χ4n) is 2.59. The zero-order chi connectivity index (χ0) is 14.5. The summed E-state index contributed by atoms with van der Waals surface area (Å²) in [6, 6.07) is 4.99. The van der Waals surface area contributed by atoms with Gasteiger partial charge in [-0.1, -0.05) is 0 Å². The Morgan fingerprint density at radius 1 is 1.45 bits per heavy atom. The largest absolute Gasteiger partial charge is 0.394 e. The molecule has 1 fully saturated rings. The van der Waals surface area contributed by atoms with E-state index >= 15 is 0 Å². The van der Waals surface area contributed by atoms with E-state index in [1.54, 1.807) is 12.1 Å². The monoisotopic (exact) mass is 280 g/mol. The molecule has 1 aliphatic rings. The number of benzene rings is 1. The molecule has 0 unspecified atom stereocenters. The molecule has 0 spiro atoms. The number of nitro benzene ring substituents is 1. The van der Waals surface area contributed by atoms with Crippen molar-refractivity contribution < 1.29 is 14.8 Å². The lowest BCUT2D eigenvalue weighted by Gasteiger charge is -2.34. The van der Waals surface area contributed by atoms with Gasteiger partial charge in [-0.25, -0.2) is 0 Å². The van der Waals surface area contributed by atoms with E-state index < -0.39 is 0 Å². The minimum atomic E-state index is -0.369. The summed E-state index contributed by atoms with van der Waals surface area (Å²) in [6.07, 6.45) is 2.03. The van der Waals surface area contributed by atoms with Crippen molar-refractivity contribution in [1.82, 2.24) is 0 Å². The minimum Gasteiger partial charge on any atom is -0.394 e. The second kappa shape index (κ2) is 6.67. The Morgan fingerprint density at radius 2 is 2.15 bits per heavy atom. The van der Waals surface area contributed by atoms with Crippen molar-refractivity contribution in [1.29, 1.82) is 0 Å². The Hall–Kier alpha value is -1.66. The van der Waals surface area contributed by atoms with Crippen LogP contribution in [-0.2, 0) is 4.74 Å². The number of hydrogen-bond acceptors (Lipinski definition) is 5. The molecule has 1 heterocycles. The van der Waals surface area contributed by atoms with E-state index in [1.807, 2.05) is 13.0 Å². The summed E-state index contributed by atoms with van der Waals surface area (Å²) in [5.41, 5.74) is 2.11. The summed E-state index contributed by atoms with van der Waals surface area (Å²) in [5, 5.41) is 19.5. The van der Waals surface area contributed by atoms with Crippen molar-refractivity contribution in [3.8, 4) is 0 Å². The van der Waals surface area contributed by atoms with E-state index in [4.69, 9.17) is 9.84 Å². The number of aliphatic hydroxyl groups is 1. The lowest BCUT2D eigenvalue weighted by molar-refractivity contribution is -0.384. The standard InChI is InChI=1S/C14H20N2O4/c1-11-10-12(16(18)19)2-3-14(11)15-6-4-13(5-7-15)20-9-8-17/h2-3,10,13,17H,4-9H2,1H3. The molecule has 1 aromatic carbocycles. The number of aryl methyl sites for hydroxylation is 1. The van der Waals surface area contributed by atoms with Crippen LogP contribution in [0.2, 0.25) is 0 Å². The van der Waals surface area contributed by atoms with Gasteiger partial charge in [0.05, 0.1) is 24.2 Å². The van der Waals surface area contributed by atoms with Gasteiger partial charge in [0.15, 0.2) is 0 Å². The van der Waals surface area contributed by atoms with Crippen molar-refractivity contribution >= 4 is 11.4 Å². The third-order valence-electron chi connectivity index (χ3n) is 3.62. The number of nitrogens with zero attached hydrogens (tertiary/aromatic N) is 2. The van der Waals surface area contributed by atoms with E-state index in [0.29, 0.717) is 6.61 Å². The van der Waals surface area contributed by atoms with E-state index in [9.17, 15) is 10.1 Å². The highest BCUT2D eigenvalue weighted by molar-refractivity contribution is 5.57. The second-order valence-corrected chi connectivity index (χ2v) is 5.01. The van der Waals surface area contributed by atoms with Gasteiger partial charge in [0, 0.05) is 30.9 Å². The molecule has 1 saturated heterocycles. The lowest BCUT2D eigenvalue weighted by atomic mass is 10.0. The molecule has 1 aliphatic heterocycles. The maximum atomic E-state index is 10.7. The van der Waals surface area contributed by atoms with Crippen molar-refractivity contribution in [3.63, 3.8) is 0 Å². The van der Waals surface area contributed by atoms with Crippen LogP contribution in [0.4, 0.5) is 11.4 Å². The van der Waals surface area contributed by atoms with Crippen LogP contribution < -0.4 is 4.90 Å². The van der Waals surface area contributed by atoms with Crippen LogP contribution in [0.5, 0.6) is 0 Å². The number of hydrogen-bond donors (Lipinski definition) is 1. The third-order valence-corrected chi connectivity index (χ3v) is 3.62. The molecule has 1 aromatic rings. The van der Waals surface area contributed by atoms with Crippen LogP contribution in [0.1, 0.15) is 18.4 Å². The molecule has 6 nitrogen and oxygen atoms in total. The van der Waals surface area contributed by atoms with Crippen LogP contribution in [0.15, 0.2) is 18.2 Å². The van der Waals surface area contributed by atoms with E-state index in [0.717, 1.165) is 37.2 Å². The number of nitro groups is 1. The molecular formula is C14H20N2O4. The fourth-order valence-corrected chi connectivity index (χ4v) is 2.59. The van der Waals surface area contributed by atoms with Crippen molar-refractivity contribution in [2.45, 2.75) is 25.9 Å². The molecular weight excluding hydrogens is 260 g/mol. The van der Waals surface area contributed by atoms with Crippen molar-refractivity contribution in [2.75, 3.05) is 31.2 Å². The molecule has 0 aliphatic carbocycles. The molecule has 6 heteroatoms. The van der Waals surface area contributed by atoms with Gasteiger partial charge in [0.25, 0.3) is 5.69 Å². The Bertz CT molecular complexity index is 470. The van der Waals surface area contributed by atoms with Crippen LogP contribution in [0.3, 0.4) is 0 Å². The van der Waals surface area contributed by atoms with E-state index in [-0.39, 0.29) is 23.3 Å². The van der Waals surface area contributed by atoms with Crippen LogP contribution in [0, 0.1) is 17.0 Å². The van der Waals surface area contributed by atoms with Gasteiger partial charge in [-0.3, -0.25) is 10.1 Å². The average Bonchev–Trinajstić information content (AvgIpc) is 2.45. The maximum absolute atomic E-state index is 10.7. The van der Waals surface area contributed by atoms with Gasteiger partial charge < -0.3 is 14.7 Å². The number of ether oxygens (including phenoxy) is 1. The highest BCUT2D eigenvalue weighted by atomic mass is 16.6. The molecule has 0 atom stereocenters. The van der Waals surface area contributed by atoms with Gasteiger partial charge in [-0.15, -0.1) is 0 Å². The maximum Gasteiger partial charge on any atom is 0.269 e. The summed E-state index contributed by atoms with van der Waals surface area (Å²) >= 11 is 0. The van der Waals surface area contributed by atoms with Crippen molar-refractivity contribution in [3.05, 3.63) is 33.9 Å². The molecule has 0 amide bonds. The molecule has 0 radical (unpaired) electrons. The predicted molar refractivity (Wildman–Crippen MR) is 76.1 cm³/mol. The van der Waals surface area contributed by atoms with Gasteiger partial charge in [-0.2, -0.15) is 0 Å². The van der Waals surface area contributed by atoms with Crippen LogP contribution >= 0.6 is 0 Å². The first-order valence-corrected chi connectivity index (χ1v) is 6.84. The smallest absolute Gasteiger partial charge is 0.269 e. The molecule has 20 heavy (non-hydrogen) atoms. The number of non-ortho nitro benzene ring substituents is 1. The molecule has 0 saturated carbocycles. The topological polar surface area (TPSA) is 75.8 Å². The fraction of sp³-hybridized carbons (Fsp3) is 0.571. The van der Waals surface area contributed by atoms with Crippen LogP contribution in [0.25, 0.3) is 0 Å². The average molecular weight is 280 g/mol. The molecule has 0 bridgehead atoms. The summed E-state index contributed by atoms with van der Waals surface area (Å²) in [4.78, 5) is 12.6. The molecule has 110 valence electrons. The Morgan fingerprint density at radius 3 is 2.70 bits per heavy atom. The molecule has 1 N–H and O–H groups in total. The normalized spacial score (nSPS) is 16.4. The van der Waals surface area contributed by atoms with Crippen molar-refractivity contribution in [2.24, 2.45) is 0 Å². The van der Waals surface area contributed by atoms with Gasteiger partial charge >= 0.3 is 0 Å². The van der Waals surface area contributed by atoms with Gasteiger partial charge in [0.1, 0.15) is 0 Å². The Kier molecular flexibility index (Phi) is 4.92. The first-order chi connectivity index (χ1) is 9.61. The van der Waals surface area contributed by atoms with E-state index in [2.05, 4.69) is 4.90 Å². The number of piperidine rings is 1. The first-order valence-electron chi connectivity index (χ1n) is 6.84. The summed E-state index contributed by atoms with van der Waals surface area (Å²) in [7, 11) is 0. The number of aliphatic hydroxyl groups excluding tert-OH is 1. The van der Waals surface area contributed by atoms with Gasteiger partial charge in [-0.05, 0) is 31.4 Å². The lowest BCUT2D eigenvalue weighted by Crippen LogP contribution is -2.37. The Balaban J connectivity index is 1.98. The third kappa shape index (κ3) is 3.46. The molecule has 2 rings (SSSR count). The predicted octanol–water partition coefficient (Wildman–Crippen LogP) is 1.88. The van der Waals surface area contributed by atoms with E-state index in [1.165, 1.54) is 0 Å². The first kappa shape index (κ1) is 14.7.